The van der Waals surface area contributed by atoms with E-state index in [-0.39, 0.29) is 0 Å². The molecule has 1 aromatic carbocycles. The lowest BCUT2D eigenvalue weighted by Gasteiger charge is -2.64. The highest BCUT2D eigenvalue weighted by molar-refractivity contribution is 5.54. The van der Waals surface area contributed by atoms with Crippen molar-refractivity contribution in [3.63, 3.8) is 0 Å². The van der Waals surface area contributed by atoms with Gasteiger partial charge in [0, 0.05) is 28.4 Å². The fourth-order valence-corrected chi connectivity index (χ4v) is 3.69. The number of nitriles is 2. The summed E-state index contributed by atoms with van der Waals surface area (Å²) in [6.07, 6.45) is 3.49. The second-order valence-electron chi connectivity index (χ2n) is 5.74. The Bertz CT molecular complexity index is 723. The third-order valence-electron chi connectivity index (χ3n) is 4.98. The molecule has 0 spiro atoms. The second kappa shape index (κ2) is 7.45. The lowest BCUT2D eigenvalue weighted by atomic mass is 9.51. The zero-order chi connectivity index (χ0) is 19.4. The molecule has 0 saturated heterocycles. The molecule has 0 unspecified atom stereocenters. The van der Waals surface area contributed by atoms with Gasteiger partial charge in [0.15, 0.2) is 0 Å². The summed E-state index contributed by atoms with van der Waals surface area (Å²) in [4.78, 5) is 0. The first-order valence-corrected chi connectivity index (χ1v) is 7.86. The number of hydrogen-bond donors (Lipinski definition) is 0. The van der Waals surface area contributed by atoms with Gasteiger partial charge >= 0.3 is 0 Å². The van der Waals surface area contributed by atoms with Gasteiger partial charge in [-0.1, -0.05) is 24.3 Å². The van der Waals surface area contributed by atoms with Crippen LogP contribution >= 0.6 is 0 Å². The van der Waals surface area contributed by atoms with Gasteiger partial charge in [-0.3, -0.25) is 0 Å². The first-order valence-electron chi connectivity index (χ1n) is 7.86. The highest BCUT2D eigenvalue weighted by atomic mass is 16.8. The van der Waals surface area contributed by atoms with Gasteiger partial charge in [0.2, 0.25) is 11.2 Å². The molecular weight excluding hydrogens is 336 g/mol. The monoisotopic (exact) mass is 358 g/mol. The first kappa shape index (κ1) is 19.9. The van der Waals surface area contributed by atoms with Crippen molar-refractivity contribution in [3.05, 3.63) is 35.9 Å². The van der Waals surface area contributed by atoms with E-state index in [1.54, 1.807) is 19.3 Å². The minimum absolute atomic E-state index is 0.732. The van der Waals surface area contributed by atoms with Crippen LogP contribution in [0.3, 0.4) is 0 Å². The van der Waals surface area contributed by atoms with Gasteiger partial charge < -0.3 is 23.7 Å². The Hall–Kier alpha value is -2.42. The average Bonchev–Trinajstić information content (AvgIpc) is 2.69. The van der Waals surface area contributed by atoms with Crippen LogP contribution in [0.4, 0.5) is 0 Å². The molecule has 7 nitrogen and oxygen atoms in total. The van der Waals surface area contributed by atoms with Gasteiger partial charge in [-0.05, 0) is 17.7 Å². The van der Waals surface area contributed by atoms with E-state index in [1.807, 2.05) is 36.4 Å². The SMILES string of the molecule is COc1ccc(/C=C/[C@@H]2C(C#N)(C#N)C(OC)(OC)C2(OC)OC)cc1. The number of methoxy groups -OCH3 is 5. The molecule has 26 heavy (non-hydrogen) atoms. The quantitative estimate of drug-likeness (QED) is 0.691. The molecule has 1 fully saturated rings. The zero-order valence-electron chi connectivity index (χ0n) is 15.5. The Morgan fingerprint density at radius 2 is 1.42 bits per heavy atom. The summed E-state index contributed by atoms with van der Waals surface area (Å²) < 4.78 is 27.2. The van der Waals surface area contributed by atoms with E-state index < -0.39 is 22.9 Å². The van der Waals surface area contributed by atoms with Crippen molar-refractivity contribution < 1.29 is 23.7 Å². The lowest BCUT2D eigenvalue weighted by molar-refractivity contribution is -0.489. The fourth-order valence-electron chi connectivity index (χ4n) is 3.69. The third-order valence-corrected chi connectivity index (χ3v) is 4.98. The van der Waals surface area contributed by atoms with Crippen molar-refractivity contribution >= 4 is 6.08 Å². The molecule has 0 amide bonds. The lowest BCUT2D eigenvalue weighted by Crippen LogP contribution is -2.83. The maximum atomic E-state index is 9.80. The molecule has 2 rings (SSSR count). The molecular formula is C19H22N2O5. The first-order chi connectivity index (χ1) is 12.5. The highest BCUT2D eigenvalue weighted by Crippen LogP contribution is 2.65. The van der Waals surface area contributed by atoms with E-state index in [4.69, 9.17) is 23.7 Å². The van der Waals surface area contributed by atoms with E-state index in [9.17, 15) is 10.5 Å². The molecule has 0 radical (unpaired) electrons. The Morgan fingerprint density at radius 1 is 0.885 bits per heavy atom. The van der Waals surface area contributed by atoms with Gasteiger partial charge in [0.05, 0.1) is 25.2 Å². The third kappa shape index (κ3) is 2.33. The van der Waals surface area contributed by atoms with E-state index in [2.05, 4.69) is 0 Å². The maximum Gasteiger partial charge on any atom is 0.257 e. The topological polar surface area (TPSA) is 93.7 Å². The molecule has 0 N–H and O–H groups in total. The van der Waals surface area contributed by atoms with Crippen molar-refractivity contribution in [1.29, 1.82) is 10.5 Å². The number of nitrogens with zero attached hydrogens (tertiary/aromatic N) is 2. The normalized spacial score (nSPS) is 22.2. The van der Waals surface area contributed by atoms with E-state index in [0.29, 0.717) is 0 Å². The van der Waals surface area contributed by atoms with Crippen LogP contribution in [0.2, 0.25) is 0 Å². The van der Waals surface area contributed by atoms with E-state index >= 15 is 0 Å². The second-order valence-corrected chi connectivity index (χ2v) is 5.74. The Morgan fingerprint density at radius 3 is 1.81 bits per heavy atom. The van der Waals surface area contributed by atoms with Gasteiger partial charge in [-0.25, -0.2) is 0 Å². The molecule has 0 heterocycles. The molecule has 0 aliphatic heterocycles. The number of benzene rings is 1. The van der Waals surface area contributed by atoms with Crippen LogP contribution in [0.1, 0.15) is 5.56 Å². The van der Waals surface area contributed by atoms with Crippen LogP contribution in [0, 0.1) is 34.0 Å². The highest BCUT2D eigenvalue weighted by Gasteiger charge is 2.85. The summed E-state index contributed by atoms with van der Waals surface area (Å²) in [5, 5.41) is 19.6. The van der Waals surface area contributed by atoms with Crippen LogP contribution in [0.5, 0.6) is 5.75 Å². The molecule has 1 aliphatic carbocycles. The van der Waals surface area contributed by atoms with Crippen LogP contribution in [0.15, 0.2) is 30.3 Å². The van der Waals surface area contributed by atoms with Crippen molar-refractivity contribution in [2.45, 2.75) is 11.6 Å². The Labute approximate surface area is 153 Å². The summed E-state index contributed by atoms with van der Waals surface area (Å²) in [6.45, 7) is 0. The van der Waals surface area contributed by atoms with Crippen molar-refractivity contribution in [2.24, 2.45) is 11.3 Å². The van der Waals surface area contributed by atoms with Gasteiger partial charge in [0.25, 0.3) is 5.79 Å². The molecule has 0 aromatic heterocycles. The summed E-state index contributed by atoms with van der Waals surface area (Å²) >= 11 is 0. The van der Waals surface area contributed by atoms with Crippen LogP contribution < -0.4 is 4.74 Å². The molecule has 1 saturated carbocycles. The summed E-state index contributed by atoms with van der Waals surface area (Å²) in [6, 6.07) is 11.4. The van der Waals surface area contributed by atoms with Crippen molar-refractivity contribution in [1.82, 2.24) is 0 Å². The van der Waals surface area contributed by atoms with Crippen LogP contribution in [-0.4, -0.2) is 47.1 Å². The fraction of sp³-hybridized carbons (Fsp3) is 0.474. The number of ether oxygens (including phenoxy) is 5. The molecule has 0 bridgehead atoms. The summed E-state index contributed by atoms with van der Waals surface area (Å²) in [7, 11) is 7.13. The van der Waals surface area contributed by atoms with Gasteiger partial charge in [-0.2, -0.15) is 10.5 Å². The van der Waals surface area contributed by atoms with E-state index in [1.165, 1.54) is 28.4 Å². The summed E-state index contributed by atoms with van der Waals surface area (Å²) in [5.41, 5.74) is -0.782. The maximum absolute atomic E-state index is 9.80. The minimum Gasteiger partial charge on any atom is -0.497 e. The molecule has 7 heteroatoms. The predicted molar refractivity (Wildman–Crippen MR) is 92.7 cm³/mol. The largest absolute Gasteiger partial charge is 0.497 e. The van der Waals surface area contributed by atoms with Gasteiger partial charge in [0.1, 0.15) is 5.75 Å². The van der Waals surface area contributed by atoms with Gasteiger partial charge in [-0.15, -0.1) is 0 Å². The molecule has 1 aliphatic rings. The Kier molecular flexibility index (Phi) is 5.70. The summed E-state index contributed by atoms with van der Waals surface area (Å²) in [5.74, 6) is -3.16. The smallest absolute Gasteiger partial charge is 0.257 e. The van der Waals surface area contributed by atoms with Crippen molar-refractivity contribution in [3.8, 4) is 17.9 Å². The standard InChI is InChI=1S/C19H22N2O5/c1-22-15-9-6-14(7-10-15)8-11-16-17(12-20,13-21)19(25-4,26-5)18(16,23-2)24-3/h6-11,16H,1-5H3/b11-8+/t16-/m1/s1. The minimum atomic E-state index is -1.69. The number of rotatable bonds is 7. The average molecular weight is 358 g/mol. The number of hydrogen-bond acceptors (Lipinski definition) is 7. The predicted octanol–water partition coefficient (Wildman–Crippen LogP) is 2.35. The van der Waals surface area contributed by atoms with E-state index in [0.717, 1.165) is 11.3 Å². The molecule has 138 valence electrons. The van der Waals surface area contributed by atoms with Crippen LogP contribution in [0.25, 0.3) is 6.08 Å². The zero-order valence-corrected chi connectivity index (χ0v) is 15.5. The van der Waals surface area contributed by atoms with Crippen molar-refractivity contribution in [2.75, 3.05) is 35.5 Å². The Balaban J connectivity index is 2.51. The molecule has 1 aromatic rings. The molecule has 1 atom stereocenters. The van der Waals surface area contributed by atoms with Crippen LogP contribution in [-0.2, 0) is 18.9 Å².